The van der Waals surface area contributed by atoms with Gasteiger partial charge < -0.3 is 5.73 Å². The summed E-state index contributed by atoms with van der Waals surface area (Å²) in [6, 6.07) is 1.51. The van der Waals surface area contributed by atoms with Crippen LogP contribution in [0, 0.1) is 0 Å². The van der Waals surface area contributed by atoms with Gasteiger partial charge in [-0.3, -0.25) is 4.98 Å². The molecule has 2 rings (SSSR count). The topological polar surface area (TPSA) is 76.3 Å². The van der Waals surface area contributed by atoms with E-state index >= 15 is 0 Å². The van der Waals surface area contributed by atoms with E-state index in [0.29, 0.717) is 23.6 Å². The first-order chi connectivity index (χ1) is 8.41. The summed E-state index contributed by atoms with van der Waals surface area (Å²) in [7, 11) is -3.53. The molecule has 1 aliphatic heterocycles. The number of hydrogen-bond donors (Lipinski definition) is 1. The Balaban J connectivity index is 2.34. The molecule has 2 N–H and O–H groups in total. The lowest BCUT2D eigenvalue weighted by molar-refractivity contribution is 0.405. The normalized spacial score (nSPS) is 26.1. The number of nitrogens with zero attached hydrogens (tertiary/aromatic N) is 2. The van der Waals surface area contributed by atoms with Gasteiger partial charge in [0.1, 0.15) is 4.90 Å². The van der Waals surface area contributed by atoms with Gasteiger partial charge in [-0.1, -0.05) is 13.8 Å². The molecule has 2 atom stereocenters. The van der Waals surface area contributed by atoms with Gasteiger partial charge in [0, 0.05) is 36.0 Å². The Morgan fingerprint density at radius 1 is 1.39 bits per heavy atom. The first-order valence-corrected chi connectivity index (χ1v) is 8.14. The Kier molecular flexibility index (Phi) is 3.84. The predicted octanol–water partition coefficient (Wildman–Crippen LogP) is 1.18. The average molecular weight is 287 g/mol. The van der Waals surface area contributed by atoms with Crippen molar-refractivity contribution in [1.82, 2.24) is 9.29 Å². The lowest BCUT2D eigenvalue weighted by atomic mass is 10.4. The van der Waals surface area contributed by atoms with Gasteiger partial charge in [0.15, 0.2) is 0 Å². The first kappa shape index (κ1) is 13.6. The summed E-state index contributed by atoms with van der Waals surface area (Å²) in [4.78, 5) is 3.96. The Bertz CT molecular complexity index is 523. The fourth-order valence-corrected chi connectivity index (χ4v) is 5.26. The van der Waals surface area contributed by atoms with Crippen LogP contribution in [0.3, 0.4) is 0 Å². The minimum atomic E-state index is -3.53. The Labute approximate surface area is 112 Å². The number of hydrogen-bond acceptors (Lipinski definition) is 5. The van der Waals surface area contributed by atoms with Crippen LogP contribution in [0.4, 0.5) is 5.69 Å². The van der Waals surface area contributed by atoms with Gasteiger partial charge in [-0.25, -0.2) is 8.42 Å². The third-order valence-electron chi connectivity index (χ3n) is 2.82. The molecule has 0 radical (unpaired) electrons. The van der Waals surface area contributed by atoms with E-state index in [1.54, 1.807) is 0 Å². The van der Waals surface area contributed by atoms with Crippen LogP contribution in [0.5, 0.6) is 0 Å². The zero-order chi connectivity index (χ0) is 13.3. The van der Waals surface area contributed by atoms with Crippen LogP contribution in [0.2, 0.25) is 0 Å². The van der Waals surface area contributed by atoms with Crippen LogP contribution < -0.4 is 5.73 Å². The van der Waals surface area contributed by atoms with Gasteiger partial charge in [0.2, 0.25) is 10.0 Å². The third kappa shape index (κ3) is 2.62. The number of nitrogens with two attached hydrogens (primary N) is 1. The van der Waals surface area contributed by atoms with Crippen molar-refractivity contribution in [3.05, 3.63) is 18.5 Å². The molecule has 2 heterocycles. The molecule has 1 aromatic rings. The Hall–Kier alpha value is -0.790. The number of thioether (sulfide) groups is 1. The van der Waals surface area contributed by atoms with Gasteiger partial charge in [0.25, 0.3) is 0 Å². The van der Waals surface area contributed by atoms with Crippen LogP contribution in [0.15, 0.2) is 23.4 Å². The zero-order valence-corrected chi connectivity index (χ0v) is 12.0. The average Bonchev–Trinajstić information content (AvgIpc) is 2.28. The standard InChI is InChI=1S/C11H17N3O2S2/c1-8-6-14(7-9(2)17-8)18(15,16)11-5-13-4-3-10(11)12/h3-5,8-9H,6-7H2,1-2H3,(H2,12,13). The molecule has 1 saturated heterocycles. The Morgan fingerprint density at radius 2 is 2.00 bits per heavy atom. The highest BCUT2D eigenvalue weighted by Gasteiger charge is 2.33. The highest BCUT2D eigenvalue weighted by Crippen LogP contribution is 2.30. The van der Waals surface area contributed by atoms with Gasteiger partial charge in [-0.2, -0.15) is 16.1 Å². The zero-order valence-electron chi connectivity index (χ0n) is 10.4. The molecule has 1 aromatic heterocycles. The molecule has 0 aromatic carbocycles. The molecule has 18 heavy (non-hydrogen) atoms. The van der Waals surface area contributed by atoms with E-state index in [0.717, 1.165) is 0 Å². The smallest absolute Gasteiger partial charge is 0.246 e. The quantitative estimate of drug-likeness (QED) is 0.884. The summed E-state index contributed by atoms with van der Waals surface area (Å²) in [6.45, 7) is 5.11. The van der Waals surface area contributed by atoms with E-state index in [2.05, 4.69) is 4.98 Å². The van der Waals surface area contributed by atoms with Crippen molar-refractivity contribution in [2.45, 2.75) is 29.2 Å². The lowest BCUT2D eigenvalue weighted by Gasteiger charge is -2.33. The second-order valence-corrected chi connectivity index (χ2v) is 8.28. The van der Waals surface area contributed by atoms with Crippen LogP contribution in [0.25, 0.3) is 0 Å². The van der Waals surface area contributed by atoms with Crippen molar-refractivity contribution in [1.29, 1.82) is 0 Å². The molecule has 1 aliphatic rings. The maximum Gasteiger partial charge on any atom is 0.246 e. The van der Waals surface area contributed by atoms with E-state index in [-0.39, 0.29) is 10.6 Å². The number of sulfonamides is 1. The summed E-state index contributed by atoms with van der Waals surface area (Å²) in [5, 5.41) is 0.586. The summed E-state index contributed by atoms with van der Waals surface area (Å²) < 4.78 is 26.5. The summed E-state index contributed by atoms with van der Waals surface area (Å²) >= 11 is 1.81. The minimum Gasteiger partial charge on any atom is -0.398 e. The molecular formula is C11H17N3O2S2. The van der Waals surface area contributed by atoms with Crippen molar-refractivity contribution in [3.63, 3.8) is 0 Å². The number of pyridine rings is 1. The molecule has 0 saturated carbocycles. The number of rotatable bonds is 2. The van der Waals surface area contributed by atoms with Crippen molar-refractivity contribution in [2.75, 3.05) is 18.8 Å². The molecule has 5 nitrogen and oxygen atoms in total. The monoisotopic (exact) mass is 287 g/mol. The lowest BCUT2D eigenvalue weighted by Crippen LogP contribution is -2.44. The largest absolute Gasteiger partial charge is 0.398 e. The fraction of sp³-hybridized carbons (Fsp3) is 0.545. The molecule has 0 spiro atoms. The van der Waals surface area contributed by atoms with Gasteiger partial charge in [-0.05, 0) is 6.07 Å². The maximum atomic E-state index is 12.5. The third-order valence-corrected chi connectivity index (χ3v) is 5.92. The fourth-order valence-electron chi connectivity index (χ4n) is 2.07. The second-order valence-electron chi connectivity index (χ2n) is 4.49. The van der Waals surface area contributed by atoms with E-state index in [9.17, 15) is 8.42 Å². The van der Waals surface area contributed by atoms with Crippen LogP contribution in [-0.2, 0) is 10.0 Å². The van der Waals surface area contributed by atoms with E-state index < -0.39 is 10.0 Å². The maximum absolute atomic E-state index is 12.5. The molecule has 1 fully saturated rings. The molecule has 0 amide bonds. The molecule has 2 unspecified atom stereocenters. The SMILES string of the molecule is CC1CN(S(=O)(=O)c2cnccc2N)CC(C)S1. The van der Waals surface area contributed by atoms with Crippen LogP contribution >= 0.6 is 11.8 Å². The van der Waals surface area contributed by atoms with Crippen molar-refractivity contribution in [3.8, 4) is 0 Å². The molecule has 0 bridgehead atoms. The van der Waals surface area contributed by atoms with Crippen LogP contribution in [0.1, 0.15) is 13.8 Å². The van der Waals surface area contributed by atoms with Crippen molar-refractivity contribution < 1.29 is 8.42 Å². The molecule has 7 heteroatoms. The van der Waals surface area contributed by atoms with Gasteiger partial charge >= 0.3 is 0 Å². The summed E-state index contributed by atoms with van der Waals surface area (Å²) in [5.74, 6) is 0. The van der Waals surface area contributed by atoms with Crippen molar-refractivity contribution >= 4 is 27.5 Å². The van der Waals surface area contributed by atoms with E-state index in [4.69, 9.17) is 5.73 Å². The van der Waals surface area contributed by atoms with Crippen LogP contribution in [-0.4, -0.2) is 41.3 Å². The highest BCUT2D eigenvalue weighted by molar-refractivity contribution is 8.00. The van der Waals surface area contributed by atoms with Crippen molar-refractivity contribution in [2.24, 2.45) is 0 Å². The van der Waals surface area contributed by atoms with E-state index in [1.165, 1.54) is 22.8 Å². The molecular weight excluding hydrogens is 270 g/mol. The first-order valence-electron chi connectivity index (χ1n) is 5.76. The van der Waals surface area contributed by atoms with E-state index in [1.807, 2.05) is 25.6 Å². The van der Waals surface area contributed by atoms with Gasteiger partial charge in [-0.15, -0.1) is 0 Å². The second kappa shape index (κ2) is 5.07. The van der Waals surface area contributed by atoms with Gasteiger partial charge in [0.05, 0.1) is 5.69 Å². The highest BCUT2D eigenvalue weighted by atomic mass is 32.2. The predicted molar refractivity (Wildman–Crippen MR) is 73.9 cm³/mol. The Morgan fingerprint density at radius 3 is 2.56 bits per heavy atom. The summed E-state index contributed by atoms with van der Waals surface area (Å²) in [5.41, 5.74) is 5.98. The summed E-state index contributed by atoms with van der Waals surface area (Å²) in [6.07, 6.45) is 2.81. The number of nitrogen functional groups attached to an aromatic ring is 1. The number of aromatic nitrogens is 1. The molecule has 0 aliphatic carbocycles. The number of anilines is 1. The minimum absolute atomic E-state index is 0.108. The molecule has 100 valence electrons.